The molecule has 1 rings (SSSR count). The van der Waals surface area contributed by atoms with Crippen LogP contribution in [0.25, 0.3) is 6.08 Å². The molecule has 2 nitrogen and oxygen atoms in total. The number of rotatable bonds is 4. The fourth-order valence-corrected chi connectivity index (χ4v) is 1.03. The number of hydrogen-bond donors (Lipinski definition) is 0. The van der Waals surface area contributed by atoms with Gasteiger partial charge in [-0.15, -0.1) is 0 Å². The van der Waals surface area contributed by atoms with Crippen LogP contribution in [-0.2, 0) is 9.53 Å². The lowest BCUT2D eigenvalue weighted by molar-refractivity contribution is -0.139. The Morgan fingerprint density at radius 2 is 2.00 bits per heavy atom. The van der Waals surface area contributed by atoms with E-state index in [-0.39, 0.29) is 5.97 Å². The quantitative estimate of drug-likeness (QED) is 0.554. The Morgan fingerprint density at radius 1 is 1.27 bits per heavy atom. The summed E-state index contributed by atoms with van der Waals surface area (Å²) in [5, 5.41) is 0. The van der Waals surface area contributed by atoms with Crippen molar-refractivity contribution in [1.82, 2.24) is 0 Å². The fraction of sp³-hybridized carbons (Fsp3) is 0.154. The number of hydrogen-bond acceptors (Lipinski definition) is 2. The summed E-state index contributed by atoms with van der Waals surface area (Å²) in [5.74, 6) is -0.258. The molecule has 0 heterocycles. The third-order valence-electron chi connectivity index (χ3n) is 1.72. The van der Waals surface area contributed by atoms with Crippen LogP contribution in [0.5, 0.6) is 0 Å². The number of carbonyl (C=O) groups is 1. The zero-order chi connectivity index (χ0) is 10.9. The number of carbonyl (C=O) groups excluding carboxylic acids is 1. The first-order valence-corrected chi connectivity index (χ1v) is 4.80. The second kappa shape index (κ2) is 6.60. The van der Waals surface area contributed by atoms with E-state index in [1.165, 1.54) is 6.92 Å². The minimum Gasteiger partial charge on any atom is -0.462 e. The van der Waals surface area contributed by atoms with E-state index in [4.69, 9.17) is 4.74 Å². The Morgan fingerprint density at radius 3 is 2.67 bits per heavy atom. The molecule has 15 heavy (non-hydrogen) atoms. The number of ether oxygens (including phenoxy) is 1. The van der Waals surface area contributed by atoms with E-state index in [2.05, 4.69) is 0 Å². The molecule has 0 aromatic heterocycles. The lowest BCUT2D eigenvalue weighted by atomic mass is 10.2. The Kier molecular flexibility index (Phi) is 4.95. The molecule has 1 aromatic carbocycles. The first kappa shape index (κ1) is 11.2. The maximum atomic E-state index is 10.4. The minimum absolute atomic E-state index is 0.258. The Balaban J connectivity index is 2.31. The SMILES string of the molecule is CC(=O)OCC=CC=Cc1ccccc1. The molecule has 0 aliphatic heterocycles. The second-order valence-electron chi connectivity index (χ2n) is 3.00. The van der Waals surface area contributed by atoms with Crippen LogP contribution in [0.4, 0.5) is 0 Å². The van der Waals surface area contributed by atoms with Crippen LogP contribution in [-0.4, -0.2) is 12.6 Å². The lowest BCUT2D eigenvalue weighted by Gasteiger charge is -1.93. The van der Waals surface area contributed by atoms with Gasteiger partial charge < -0.3 is 4.74 Å². The predicted molar refractivity (Wildman–Crippen MR) is 61.2 cm³/mol. The number of esters is 1. The van der Waals surface area contributed by atoms with Gasteiger partial charge in [-0.1, -0.05) is 48.6 Å². The Bertz CT molecular complexity index is 350. The molecule has 1 aromatic rings. The smallest absolute Gasteiger partial charge is 0.302 e. The molecule has 78 valence electrons. The molecule has 0 aliphatic rings. The van der Waals surface area contributed by atoms with Gasteiger partial charge in [0.15, 0.2) is 0 Å². The van der Waals surface area contributed by atoms with Crippen molar-refractivity contribution in [1.29, 1.82) is 0 Å². The zero-order valence-electron chi connectivity index (χ0n) is 8.72. The number of allylic oxidation sites excluding steroid dienone is 2. The average Bonchev–Trinajstić information content (AvgIpc) is 2.24. The highest BCUT2D eigenvalue weighted by Crippen LogP contribution is 2.00. The third-order valence-corrected chi connectivity index (χ3v) is 1.72. The van der Waals surface area contributed by atoms with Gasteiger partial charge in [0, 0.05) is 6.92 Å². The summed E-state index contributed by atoms with van der Waals surface area (Å²) in [6, 6.07) is 10.0. The maximum absolute atomic E-state index is 10.4. The van der Waals surface area contributed by atoms with E-state index in [1.54, 1.807) is 6.08 Å². The van der Waals surface area contributed by atoms with E-state index < -0.39 is 0 Å². The zero-order valence-corrected chi connectivity index (χ0v) is 8.72. The van der Waals surface area contributed by atoms with Gasteiger partial charge in [0.2, 0.25) is 0 Å². The molecule has 0 spiro atoms. The second-order valence-corrected chi connectivity index (χ2v) is 3.00. The molecule has 0 radical (unpaired) electrons. The summed E-state index contributed by atoms with van der Waals surface area (Å²) < 4.78 is 4.73. The Labute approximate surface area is 89.9 Å². The summed E-state index contributed by atoms with van der Waals surface area (Å²) in [6.07, 6.45) is 7.56. The van der Waals surface area contributed by atoms with Crippen molar-refractivity contribution in [3.8, 4) is 0 Å². The molecular formula is C13H14O2. The van der Waals surface area contributed by atoms with Crippen LogP contribution < -0.4 is 0 Å². The van der Waals surface area contributed by atoms with E-state index >= 15 is 0 Å². The molecule has 0 fully saturated rings. The first-order valence-electron chi connectivity index (χ1n) is 4.80. The fourth-order valence-electron chi connectivity index (χ4n) is 1.03. The summed E-state index contributed by atoms with van der Waals surface area (Å²) >= 11 is 0. The van der Waals surface area contributed by atoms with Gasteiger partial charge in [-0.25, -0.2) is 0 Å². The highest BCUT2D eigenvalue weighted by molar-refractivity contribution is 5.66. The summed E-state index contributed by atoms with van der Waals surface area (Å²) in [4.78, 5) is 10.4. The highest BCUT2D eigenvalue weighted by Gasteiger charge is 1.85. The predicted octanol–water partition coefficient (Wildman–Crippen LogP) is 2.82. The van der Waals surface area contributed by atoms with Crippen molar-refractivity contribution in [3.05, 3.63) is 54.1 Å². The van der Waals surface area contributed by atoms with Crippen molar-refractivity contribution < 1.29 is 9.53 Å². The topological polar surface area (TPSA) is 26.3 Å². The molecule has 0 bridgehead atoms. The third kappa shape index (κ3) is 5.47. The number of benzene rings is 1. The largest absolute Gasteiger partial charge is 0.462 e. The normalized spacial score (nSPS) is 11.0. The van der Waals surface area contributed by atoms with Crippen molar-refractivity contribution in [2.45, 2.75) is 6.92 Å². The van der Waals surface area contributed by atoms with Gasteiger partial charge in [0.1, 0.15) is 6.61 Å². The molecule has 0 aliphatic carbocycles. The van der Waals surface area contributed by atoms with Crippen LogP contribution in [0.1, 0.15) is 12.5 Å². The highest BCUT2D eigenvalue weighted by atomic mass is 16.5. The lowest BCUT2D eigenvalue weighted by Crippen LogP contribution is -1.96. The van der Waals surface area contributed by atoms with Gasteiger partial charge in [-0.05, 0) is 11.6 Å². The summed E-state index contributed by atoms with van der Waals surface area (Å²) in [5.41, 5.74) is 1.15. The van der Waals surface area contributed by atoms with Crippen LogP contribution >= 0.6 is 0 Å². The molecule has 0 unspecified atom stereocenters. The van der Waals surface area contributed by atoms with Crippen molar-refractivity contribution in [3.63, 3.8) is 0 Å². The Hall–Kier alpha value is -1.83. The monoisotopic (exact) mass is 202 g/mol. The molecule has 2 heteroatoms. The maximum Gasteiger partial charge on any atom is 0.302 e. The van der Waals surface area contributed by atoms with Crippen LogP contribution in [0.2, 0.25) is 0 Å². The van der Waals surface area contributed by atoms with Crippen LogP contribution in [0, 0.1) is 0 Å². The van der Waals surface area contributed by atoms with Gasteiger partial charge >= 0.3 is 5.97 Å². The summed E-state index contributed by atoms with van der Waals surface area (Å²) in [6.45, 7) is 1.72. The molecule has 0 saturated heterocycles. The van der Waals surface area contributed by atoms with Gasteiger partial charge in [-0.2, -0.15) is 0 Å². The summed E-state index contributed by atoms with van der Waals surface area (Å²) in [7, 11) is 0. The van der Waals surface area contributed by atoms with Crippen molar-refractivity contribution in [2.24, 2.45) is 0 Å². The van der Waals surface area contributed by atoms with Gasteiger partial charge in [0.25, 0.3) is 0 Å². The van der Waals surface area contributed by atoms with Crippen molar-refractivity contribution >= 4 is 12.0 Å². The molecular weight excluding hydrogens is 188 g/mol. The van der Waals surface area contributed by atoms with E-state index in [0.29, 0.717) is 6.61 Å². The minimum atomic E-state index is -0.258. The molecule has 0 N–H and O–H groups in total. The molecule has 0 saturated carbocycles. The molecule has 0 atom stereocenters. The van der Waals surface area contributed by atoms with E-state index in [9.17, 15) is 4.79 Å². The van der Waals surface area contributed by atoms with Gasteiger partial charge in [-0.3, -0.25) is 4.79 Å². The first-order chi connectivity index (χ1) is 7.29. The van der Waals surface area contributed by atoms with E-state index in [0.717, 1.165) is 5.56 Å². The standard InChI is InChI=1S/C13H14O2/c1-12(14)15-11-7-3-6-10-13-8-4-2-5-9-13/h2-10H,11H2,1H3. The van der Waals surface area contributed by atoms with Crippen LogP contribution in [0.15, 0.2) is 48.6 Å². The van der Waals surface area contributed by atoms with Gasteiger partial charge in [0.05, 0.1) is 0 Å². The van der Waals surface area contributed by atoms with Crippen molar-refractivity contribution in [2.75, 3.05) is 6.61 Å². The molecule has 0 amide bonds. The average molecular weight is 202 g/mol. The van der Waals surface area contributed by atoms with E-state index in [1.807, 2.05) is 48.6 Å². The van der Waals surface area contributed by atoms with Crippen LogP contribution in [0.3, 0.4) is 0 Å².